The number of amides is 3. The van der Waals surface area contributed by atoms with E-state index in [1.54, 1.807) is 55.2 Å². The van der Waals surface area contributed by atoms with E-state index >= 15 is 0 Å². The molecule has 0 saturated heterocycles. The number of benzene rings is 1. The van der Waals surface area contributed by atoms with Gasteiger partial charge in [-0.2, -0.15) is 9.78 Å². The van der Waals surface area contributed by atoms with Crippen molar-refractivity contribution in [3.63, 3.8) is 0 Å². The maximum atomic E-state index is 12.4. The molecule has 0 atom stereocenters. The number of carbonyl (C=O) groups excluding carboxylic acids is 2. The van der Waals surface area contributed by atoms with Crippen LogP contribution in [0, 0.1) is 6.92 Å². The SMILES string of the molecule is Cc1c(C(=O)Nc2ccc(NC(N)=O)cc2)nnn1-c1ccn(C)n1. The number of nitrogens with two attached hydrogens (primary N) is 1. The van der Waals surface area contributed by atoms with Crippen molar-refractivity contribution in [2.45, 2.75) is 6.92 Å². The zero-order chi connectivity index (χ0) is 18.0. The van der Waals surface area contributed by atoms with Crippen LogP contribution in [0.1, 0.15) is 16.2 Å². The highest BCUT2D eigenvalue weighted by molar-refractivity contribution is 6.03. The smallest absolute Gasteiger partial charge is 0.316 e. The third-order valence-corrected chi connectivity index (χ3v) is 3.44. The van der Waals surface area contributed by atoms with Gasteiger partial charge in [-0.05, 0) is 31.2 Å². The minimum Gasteiger partial charge on any atom is -0.351 e. The molecule has 0 spiro atoms. The van der Waals surface area contributed by atoms with E-state index in [1.165, 1.54) is 4.68 Å². The first-order valence-electron chi connectivity index (χ1n) is 7.34. The molecule has 10 nitrogen and oxygen atoms in total. The third-order valence-electron chi connectivity index (χ3n) is 3.44. The van der Waals surface area contributed by atoms with Gasteiger partial charge < -0.3 is 16.4 Å². The quantitative estimate of drug-likeness (QED) is 0.653. The van der Waals surface area contributed by atoms with Gasteiger partial charge in [-0.1, -0.05) is 5.21 Å². The lowest BCUT2D eigenvalue weighted by Crippen LogP contribution is -2.19. The molecule has 0 aliphatic rings. The van der Waals surface area contributed by atoms with Crippen LogP contribution in [0.25, 0.3) is 5.82 Å². The van der Waals surface area contributed by atoms with Crippen LogP contribution in [0.2, 0.25) is 0 Å². The van der Waals surface area contributed by atoms with E-state index in [1.807, 2.05) is 0 Å². The first-order valence-corrected chi connectivity index (χ1v) is 7.34. The molecule has 1 aromatic carbocycles. The maximum absolute atomic E-state index is 12.4. The average molecular weight is 340 g/mol. The van der Waals surface area contributed by atoms with Crippen LogP contribution in [0.3, 0.4) is 0 Å². The molecule has 0 aliphatic heterocycles. The molecule has 0 aliphatic carbocycles. The maximum Gasteiger partial charge on any atom is 0.316 e. The zero-order valence-corrected chi connectivity index (χ0v) is 13.6. The van der Waals surface area contributed by atoms with Crippen LogP contribution in [0.4, 0.5) is 16.2 Å². The molecule has 0 unspecified atom stereocenters. The third kappa shape index (κ3) is 3.47. The fourth-order valence-electron chi connectivity index (χ4n) is 2.24. The van der Waals surface area contributed by atoms with Crippen LogP contribution < -0.4 is 16.4 Å². The highest BCUT2D eigenvalue weighted by Gasteiger charge is 2.18. The summed E-state index contributed by atoms with van der Waals surface area (Å²) in [4.78, 5) is 23.2. The van der Waals surface area contributed by atoms with E-state index < -0.39 is 11.9 Å². The van der Waals surface area contributed by atoms with Crippen LogP contribution in [-0.4, -0.2) is 36.7 Å². The molecule has 10 heteroatoms. The van der Waals surface area contributed by atoms with Crippen LogP contribution >= 0.6 is 0 Å². The Labute approximate surface area is 142 Å². The largest absolute Gasteiger partial charge is 0.351 e. The molecular formula is C15H16N8O2. The van der Waals surface area contributed by atoms with E-state index in [0.29, 0.717) is 22.9 Å². The lowest BCUT2D eigenvalue weighted by Gasteiger charge is -2.06. The second-order valence-electron chi connectivity index (χ2n) is 5.30. The Morgan fingerprint density at radius 2 is 1.72 bits per heavy atom. The number of primary amides is 1. The molecule has 3 rings (SSSR count). The summed E-state index contributed by atoms with van der Waals surface area (Å²) in [6, 6.07) is 7.64. The van der Waals surface area contributed by atoms with Gasteiger partial charge in [0, 0.05) is 30.7 Å². The Morgan fingerprint density at radius 1 is 1.08 bits per heavy atom. The van der Waals surface area contributed by atoms with Gasteiger partial charge in [-0.3, -0.25) is 9.48 Å². The number of urea groups is 1. The molecule has 0 bridgehead atoms. The predicted octanol–water partition coefficient (Wildman–Crippen LogP) is 1.05. The highest BCUT2D eigenvalue weighted by atomic mass is 16.2. The fourth-order valence-corrected chi connectivity index (χ4v) is 2.24. The van der Waals surface area contributed by atoms with Gasteiger partial charge in [-0.25, -0.2) is 4.79 Å². The second-order valence-corrected chi connectivity index (χ2v) is 5.30. The summed E-state index contributed by atoms with van der Waals surface area (Å²) < 4.78 is 3.13. The van der Waals surface area contributed by atoms with Crippen LogP contribution in [0.15, 0.2) is 36.5 Å². The molecule has 128 valence electrons. The van der Waals surface area contributed by atoms with Crippen molar-refractivity contribution in [3.8, 4) is 5.82 Å². The number of aromatic nitrogens is 5. The first kappa shape index (κ1) is 16.2. The number of rotatable bonds is 4. The molecule has 0 saturated carbocycles. The Balaban J connectivity index is 1.75. The Hall–Kier alpha value is -3.69. The molecule has 2 heterocycles. The predicted molar refractivity (Wildman–Crippen MR) is 90.5 cm³/mol. The number of hydrogen-bond donors (Lipinski definition) is 3. The van der Waals surface area contributed by atoms with Crippen LogP contribution in [0.5, 0.6) is 0 Å². The van der Waals surface area contributed by atoms with Gasteiger partial charge in [0.25, 0.3) is 5.91 Å². The summed E-state index contributed by atoms with van der Waals surface area (Å²) in [5, 5.41) is 17.3. The van der Waals surface area contributed by atoms with Crippen molar-refractivity contribution in [1.29, 1.82) is 0 Å². The summed E-state index contributed by atoms with van der Waals surface area (Å²) in [6.07, 6.45) is 1.78. The molecule has 2 aromatic heterocycles. The second kappa shape index (κ2) is 6.43. The number of aryl methyl sites for hydroxylation is 1. The standard InChI is InChI=1S/C15H16N8O2/c1-9-13(19-21-23(9)12-7-8-22(2)20-12)14(24)17-10-3-5-11(6-4-10)18-15(16)25/h3-8H,1-2H3,(H,17,24)(H3,16,18,25). The van der Waals surface area contributed by atoms with Gasteiger partial charge >= 0.3 is 6.03 Å². The number of nitrogens with zero attached hydrogens (tertiary/aromatic N) is 5. The summed E-state index contributed by atoms with van der Waals surface area (Å²) in [5.41, 5.74) is 6.89. The minimum absolute atomic E-state index is 0.199. The van der Waals surface area contributed by atoms with E-state index in [0.717, 1.165) is 0 Å². The van der Waals surface area contributed by atoms with E-state index in [-0.39, 0.29) is 5.69 Å². The average Bonchev–Trinajstić information content (AvgIpc) is 3.14. The molecule has 4 N–H and O–H groups in total. The van der Waals surface area contributed by atoms with Gasteiger partial charge in [-0.15, -0.1) is 5.10 Å². The van der Waals surface area contributed by atoms with Gasteiger partial charge in [0.1, 0.15) is 0 Å². The minimum atomic E-state index is -0.654. The summed E-state index contributed by atoms with van der Waals surface area (Å²) in [5.74, 6) is 0.184. The van der Waals surface area contributed by atoms with Gasteiger partial charge in [0.2, 0.25) is 0 Å². The zero-order valence-electron chi connectivity index (χ0n) is 13.6. The summed E-state index contributed by atoms with van der Waals surface area (Å²) in [6.45, 7) is 1.74. The highest BCUT2D eigenvalue weighted by Crippen LogP contribution is 2.16. The lowest BCUT2D eigenvalue weighted by atomic mass is 10.2. The lowest BCUT2D eigenvalue weighted by molar-refractivity contribution is 0.102. The van der Waals surface area contributed by atoms with E-state index in [2.05, 4.69) is 26.0 Å². The van der Waals surface area contributed by atoms with Gasteiger partial charge in [0.15, 0.2) is 11.5 Å². The summed E-state index contributed by atoms with van der Waals surface area (Å²) in [7, 11) is 1.79. The van der Waals surface area contributed by atoms with Crippen molar-refractivity contribution in [2.75, 3.05) is 10.6 Å². The van der Waals surface area contributed by atoms with Crippen molar-refractivity contribution in [3.05, 3.63) is 47.9 Å². The topological polar surface area (TPSA) is 133 Å². The normalized spacial score (nSPS) is 10.5. The van der Waals surface area contributed by atoms with E-state index in [4.69, 9.17) is 5.73 Å². The first-order chi connectivity index (χ1) is 11.9. The molecular weight excluding hydrogens is 324 g/mol. The molecule has 3 amide bonds. The fraction of sp³-hybridized carbons (Fsp3) is 0.133. The van der Waals surface area contributed by atoms with Gasteiger partial charge in [0.05, 0.1) is 5.69 Å². The molecule has 3 aromatic rings. The van der Waals surface area contributed by atoms with Crippen molar-refractivity contribution in [1.82, 2.24) is 24.8 Å². The molecule has 0 radical (unpaired) electrons. The van der Waals surface area contributed by atoms with Crippen molar-refractivity contribution in [2.24, 2.45) is 12.8 Å². The van der Waals surface area contributed by atoms with E-state index in [9.17, 15) is 9.59 Å². The van der Waals surface area contributed by atoms with Crippen molar-refractivity contribution >= 4 is 23.3 Å². The van der Waals surface area contributed by atoms with Crippen molar-refractivity contribution < 1.29 is 9.59 Å². The number of nitrogens with one attached hydrogen (secondary N) is 2. The Kier molecular flexibility index (Phi) is 4.16. The number of carbonyl (C=O) groups is 2. The summed E-state index contributed by atoms with van der Waals surface area (Å²) >= 11 is 0. The molecule has 0 fully saturated rings. The number of anilines is 2. The monoisotopic (exact) mass is 340 g/mol. The number of hydrogen-bond acceptors (Lipinski definition) is 5. The Bertz CT molecular complexity index is 925. The Morgan fingerprint density at radius 3 is 2.28 bits per heavy atom. The molecule has 25 heavy (non-hydrogen) atoms. The van der Waals surface area contributed by atoms with Crippen LogP contribution in [-0.2, 0) is 7.05 Å².